The molecule has 1 unspecified atom stereocenters. The van der Waals surface area contributed by atoms with E-state index >= 15 is 0 Å². The zero-order valence-electron chi connectivity index (χ0n) is 12.1. The van der Waals surface area contributed by atoms with Crippen LogP contribution >= 0.6 is 11.8 Å². The van der Waals surface area contributed by atoms with E-state index in [-0.39, 0.29) is 11.7 Å². The number of carboxylic acids is 1. The van der Waals surface area contributed by atoms with Crippen molar-refractivity contribution in [3.8, 4) is 0 Å². The molecule has 0 bridgehead atoms. The summed E-state index contributed by atoms with van der Waals surface area (Å²) in [6.45, 7) is 5.98. The molecule has 8 heteroatoms. The normalized spacial score (nSPS) is 16.8. The Hall–Kier alpha value is -1.54. The molecule has 1 fully saturated rings. The largest absolute Gasteiger partial charge is 0.481 e. The molecule has 1 N–H and O–H groups in total. The summed E-state index contributed by atoms with van der Waals surface area (Å²) in [5, 5.41) is 9.34. The van der Waals surface area contributed by atoms with E-state index < -0.39 is 12.0 Å². The molecule has 0 aliphatic carbocycles. The van der Waals surface area contributed by atoms with Gasteiger partial charge < -0.3 is 19.3 Å². The second-order valence-electron chi connectivity index (χ2n) is 4.85. The minimum Gasteiger partial charge on any atom is -0.481 e. The molecule has 1 aliphatic rings. The van der Waals surface area contributed by atoms with Crippen molar-refractivity contribution in [2.45, 2.75) is 25.0 Å². The van der Waals surface area contributed by atoms with Gasteiger partial charge in [-0.3, -0.25) is 9.59 Å². The van der Waals surface area contributed by atoms with Crippen molar-refractivity contribution in [2.75, 3.05) is 32.1 Å². The number of carbonyl (C=O) groups excluding carboxylic acids is 1. The number of aliphatic carboxylic acids is 1. The maximum absolute atomic E-state index is 12.5. The summed E-state index contributed by atoms with van der Waals surface area (Å²) in [5.41, 5.74) is 0.844. The molecule has 0 radical (unpaired) electrons. The third-order valence-electron chi connectivity index (χ3n) is 3.34. The minimum atomic E-state index is -0.903. The van der Waals surface area contributed by atoms with Crippen LogP contribution in [0, 0.1) is 6.92 Å². The van der Waals surface area contributed by atoms with Gasteiger partial charge in [0.25, 0.3) is 0 Å². The van der Waals surface area contributed by atoms with Crippen LogP contribution in [0.25, 0.3) is 0 Å². The molecule has 1 aliphatic heterocycles. The number of amides is 1. The van der Waals surface area contributed by atoms with Gasteiger partial charge in [0.1, 0.15) is 6.04 Å². The fourth-order valence-electron chi connectivity index (χ4n) is 2.29. The molecular formula is C13H19N3O4S. The van der Waals surface area contributed by atoms with Crippen LogP contribution in [0.1, 0.15) is 18.7 Å². The third-order valence-corrected chi connectivity index (χ3v) is 4.29. The first-order valence-corrected chi connectivity index (χ1v) is 7.74. The fraction of sp³-hybridized carbons (Fsp3) is 0.615. The molecule has 0 saturated carbocycles. The average Bonchev–Trinajstić information content (AvgIpc) is 2.85. The molecule has 1 saturated heterocycles. The predicted molar refractivity (Wildman–Crippen MR) is 77.4 cm³/mol. The highest BCUT2D eigenvalue weighted by Gasteiger charge is 2.26. The Morgan fingerprint density at radius 3 is 2.76 bits per heavy atom. The number of rotatable bonds is 5. The summed E-state index contributed by atoms with van der Waals surface area (Å²) in [4.78, 5) is 29.2. The number of carbonyl (C=O) groups is 2. The van der Waals surface area contributed by atoms with E-state index in [1.54, 1.807) is 15.7 Å². The number of nitrogens with zero attached hydrogens (tertiary/aromatic N) is 3. The lowest BCUT2D eigenvalue weighted by atomic mass is 10.2. The molecule has 1 aromatic rings. The molecule has 21 heavy (non-hydrogen) atoms. The smallest absolute Gasteiger partial charge is 0.313 e. The van der Waals surface area contributed by atoms with Crippen molar-refractivity contribution in [3.05, 3.63) is 11.9 Å². The highest BCUT2D eigenvalue weighted by molar-refractivity contribution is 7.99. The van der Waals surface area contributed by atoms with Crippen molar-refractivity contribution in [1.29, 1.82) is 0 Å². The van der Waals surface area contributed by atoms with Gasteiger partial charge in [-0.25, -0.2) is 4.98 Å². The van der Waals surface area contributed by atoms with Gasteiger partial charge in [0.15, 0.2) is 5.16 Å². The molecule has 1 aromatic heterocycles. The van der Waals surface area contributed by atoms with E-state index in [4.69, 9.17) is 9.84 Å². The zero-order valence-corrected chi connectivity index (χ0v) is 12.9. The molecular weight excluding hydrogens is 294 g/mol. The maximum Gasteiger partial charge on any atom is 0.313 e. The van der Waals surface area contributed by atoms with Gasteiger partial charge in [-0.15, -0.1) is 0 Å². The third kappa shape index (κ3) is 3.76. The highest BCUT2D eigenvalue weighted by atomic mass is 32.2. The Kier molecular flexibility index (Phi) is 5.24. The van der Waals surface area contributed by atoms with Gasteiger partial charge in [-0.05, 0) is 13.8 Å². The van der Waals surface area contributed by atoms with Crippen molar-refractivity contribution >= 4 is 23.6 Å². The topological polar surface area (TPSA) is 84.7 Å². The van der Waals surface area contributed by atoms with E-state index in [9.17, 15) is 9.59 Å². The highest BCUT2D eigenvalue weighted by Crippen LogP contribution is 2.24. The maximum atomic E-state index is 12.5. The number of carboxylic acid groups (broad SMARTS) is 1. The number of ether oxygens (including phenoxy) is 1. The number of hydrogen-bond acceptors (Lipinski definition) is 5. The first-order chi connectivity index (χ1) is 10.0. The lowest BCUT2D eigenvalue weighted by molar-refractivity contribution is -0.138. The first kappa shape index (κ1) is 15.8. The van der Waals surface area contributed by atoms with E-state index in [1.165, 1.54) is 0 Å². The van der Waals surface area contributed by atoms with Gasteiger partial charge in [0.2, 0.25) is 5.91 Å². The standard InChI is InChI=1S/C13H19N3O4S/c1-9-7-14-13(21-8-11(17)18)16(9)10(2)12(19)15-3-5-20-6-4-15/h7,10H,3-6,8H2,1-2H3,(H,17,18). The monoisotopic (exact) mass is 313 g/mol. The summed E-state index contributed by atoms with van der Waals surface area (Å²) >= 11 is 1.13. The molecule has 1 amide bonds. The van der Waals surface area contributed by atoms with Gasteiger partial charge in [0.05, 0.1) is 19.0 Å². The quantitative estimate of drug-likeness (QED) is 0.809. The van der Waals surface area contributed by atoms with Crippen LogP contribution in [0.3, 0.4) is 0 Å². The minimum absolute atomic E-state index is 0.0107. The summed E-state index contributed by atoms with van der Waals surface area (Å²) < 4.78 is 7.05. The Morgan fingerprint density at radius 2 is 2.14 bits per heavy atom. The number of aryl methyl sites for hydroxylation is 1. The molecule has 116 valence electrons. The number of morpholine rings is 1. The van der Waals surface area contributed by atoms with Crippen LogP contribution in [0.15, 0.2) is 11.4 Å². The molecule has 2 heterocycles. The van der Waals surface area contributed by atoms with Crippen molar-refractivity contribution in [2.24, 2.45) is 0 Å². The Bertz CT molecular complexity index is 525. The number of hydrogen-bond donors (Lipinski definition) is 1. The summed E-state index contributed by atoms with van der Waals surface area (Å²) in [6, 6.07) is -0.401. The first-order valence-electron chi connectivity index (χ1n) is 6.75. The van der Waals surface area contributed by atoms with E-state index in [0.717, 1.165) is 17.5 Å². The van der Waals surface area contributed by atoms with Crippen molar-refractivity contribution < 1.29 is 19.4 Å². The van der Waals surface area contributed by atoms with Crippen molar-refractivity contribution in [1.82, 2.24) is 14.5 Å². The van der Waals surface area contributed by atoms with Gasteiger partial charge in [-0.1, -0.05) is 11.8 Å². The van der Waals surface area contributed by atoms with Crippen LogP contribution in [0.2, 0.25) is 0 Å². The van der Waals surface area contributed by atoms with Crippen LogP contribution < -0.4 is 0 Å². The SMILES string of the molecule is Cc1cnc(SCC(=O)O)n1C(C)C(=O)N1CCOCC1. The van der Waals surface area contributed by atoms with Crippen LogP contribution in [0.4, 0.5) is 0 Å². The lowest BCUT2D eigenvalue weighted by Gasteiger charge is -2.30. The Labute approximate surface area is 127 Å². The summed E-state index contributed by atoms with van der Waals surface area (Å²) in [6.07, 6.45) is 1.66. The predicted octanol–water partition coefficient (Wildman–Crippen LogP) is 0.788. The fourth-order valence-corrected chi connectivity index (χ4v) is 3.11. The summed E-state index contributed by atoms with van der Waals surface area (Å²) in [5.74, 6) is -0.967. The van der Waals surface area contributed by atoms with Crippen LogP contribution in [-0.2, 0) is 14.3 Å². The molecule has 0 spiro atoms. The van der Waals surface area contributed by atoms with Gasteiger partial charge >= 0.3 is 5.97 Å². The van der Waals surface area contributed by atoms with Gasteiger partial charge in [-0.2, -0.15) is 0 Å². The molecule has 1 atom stereocenters. The lowest BCUT2D eigenvalue weighted by Crippen LogP contribution is -2.43. The van der Waals surface area contributed by atoms with Gasteiger partial charge in [0, 0.05) is 25.0 Å². The molecule has 2 rings (SSSR count). The Morgan fingerprint density at radius 1 is 1.48 bits per heavy atom. The van der Waals surface area contributed by atoms with E-state index in [2.05, 4.69) is 4.98 Å². The second kappa shape index (κ2) is 6.95. The van der Waals surface area contributed by atoms with Crippen molar-refractivity contribution in [3.63, 3.8) is 0 Å². The summed E-state index contributed by atoms with van der Waals surface area (Å²) in [7, 11) is 0. The van der Waals surface area contributed by atoms with E-state index in [1.807, 2.05) is 13.8 Å². The van der Waals surface area contributed by atoms with Crippen LogP contribution in [-0.4, -0.2) is 63.5 Å². The second-order valence-corrected chi connectivity index (χ2v) is 5.79. The molecule has 7 nitrogen and oxygen atoms in total. The number of aromatic nitrogens is 2. The van der Waals surface area contributed by atoms with Crippen LogP contribution in [0.5, 0.6) is 0 Å². The number of imidazole rings is 1. The Balaban J connectivity index is 2.13. The molecule has 0 aromatic carbocycles. The average molecular weight is 313 g/mol. The zero-order chi connectivity index (χ0) is 15.4. The van der Waals surface area contributed by atoms with E-state index in [0.29, 0.717) is 31.5 Å². The number of thioether (sulfide) groups is 1.